The maximum absolute atomic E-state index is 11.9. The maximum atomic E-state index is 11.9. The Morgan fingerprint density at radius 3 is 2.39 bits per heavy atom. The van der Waals surface area contributed by atoms with Gasteiger partial charge in [-0.2, -0.15) is 13.2 Å². The van der Waals surface area contributed by atoms with E-state index in [-0.39, 0.29) is 16.3 Å². The first-order valence-electron chi connectivity index (χ1n) is 4.83. The monoisotopic (exact) mass is 283 g/mol. The van der Waals surface area contributed by atoms with Gasteiger partial charge in [0, 0.05) is 6.54 Å². The summed E-state index contributed by atoms with van der Waals surface area (Å²) in [6.07, 6.45) is -5.34. The van der Waals surface area contributed by atoms with Gasteiger partial charge in [-0.15, -0.1) is 0 Å². The summed E-state index contributed by atoms with van der Waals surface area (Å²) in [5.41, 5.74) is 5.43. The molecular weight excluding hydrogens is 271 g/mol. The lowest BCUT2D eigenvalue weighted by Crippen LogP contribution is -2.17. The van der Waals surface area contributed by atoms with Gasteiger partial charge in [-0.3, -0.25) is 0 Å². The summed E-state index contributed by atoms with van der Waals surface area (Å²) >= 11 is 0. The number of alkyl halides is 3. The molecule has 5 N–H and O–H groups in total. The third-order valence-corrected chi connectivity index (χ3v) is 3.07. The molecular formula is C9H12F3N3O2S. The first-order valence-corrected chi connectivity index (χ1v) is 6.38. The highest BCUT2D eigenvalue weighted by Gasteiger charge is 2.26. The minimum atomic E-state index is -4.29. The standard InChI is InChI=1S/C9H12F3N3O2S/c10-9(11,12)4-5-15-6-2-1-3-7(8(6)13)18(14,16)17/h1-3,15H,4-5,13H2,(H2,14,16,17). The Bertz CT molecular complexity index is 528. The molecule has 0 radical (unpaired) electrons. The molecule has 1 aromatic carbocycles. The second-order valence-electron chi connectivity index (χ2n) is 3.55. The lowest BCUT2D eigenvalue weighted by atomic mass is 10.2. The average Bonchev–Trinajstić information content (AvgIpc) is 2.17. The zero-order chi connectivity index (χ0) is 14.0. The molecule has 18 heavy (non-hydrogen) atoms. The van der Waals surface area contributed by atoms with Crippen molar-refractivity contribution in [1.29, 1.82) is 0 Å². The van der Waals surface area contributed by atoms with Gasteiger partial charge in [-0.05, 0) is 12.1 Å². The fourth-order valence-corrected chi connectivity index (χ4v) is 1.97. The summed E-state index contributed by atoms with van der Waals surface area (Å²) in [5, 5.41) is 7.33. The van der Waals surface area contributed by atoms with Gasteiger partial charge in [-0.25, -0.2) is 13.6 Å². The number of rotatable bonds is 4. The smallest absolute Gasteiger partial charge is 0.390 e. The molecule has 5 nitrogen and oxygen atoms in total. The molecule has 0 atom stereocenters. The Morgan fingerprint density at radius 1 is 1.28 bits per heavy atom. The molecule has 0 bridgehead atoms. The molecule has 0 aromatic heterocycles. The van der Waals surface area contributed by atoms with Crippen molar-refractivity contribution in [2.24, 2.45) is 5.14 Å². The number of sulfonamides is 1. The van der Waals surface area contributed by atoms with Crippen molar-refractivity contribution in [2.45, 2.75) is 17.5 Å². The van der Waals surface area contributed by atoms with E-state index in [0.717, 1.165) is 0 Å². The summed E-state index contributed by atoms with van der Waals surface area (Å²) in [7, 11) is -4.00. The van der Waals surface area contributed by atoms with E-state index in [2.05, 4.69) is 5.32 Å². The van der Waals surface area contributed by atoms with Crippen molar-refractivity contribution in [2.75, 3.05) is 17.6 Å². The van der Waals surface area contributed by atoms with Crippen LogP contribution in [0.2, 0.25) is 0 Å². The molecule has 0 spiro atoms. The fraction of sp³-hybridized carbons (Fsp3) is 0.333. The number of hydrogen-bond donors (Lipinski definition) is 3. The summed E-state index contributed by atoms with van der Waals surface area (Å²) in [5.74, 6) is 0. The zero-order valence-corrected chi connectivity index (χ0v) is 9.98. The minimum Gasteiger partial charge on any atom is -0.396 e. The van der Waals surface area contributed by atoms with E-state index in [0.29, 0.717) is 0 Å². The van der Waals surface area contributed by atoms with E-state index in [1.54, 1.807) is 0 Å². The second kappa shape index (κ2) is 5.02. The molecule has 0 amide bonds. The number of halogens is 3. The first kappa shape index (κ1) is 14.6. The molecule has 0 heterocycles. The molecule has 0 aliphatic heterocycles. The summed E-state index contributed by atoms with van der Waals surface area (Å²) < 4.78 is 58.1. The van der Waals surface area contributed by atoms with Crippen LogP contribution in [-0.2, 0) is 10.0 Å². The average molecular weight is 283 g/mol. The van der Waals surface area contributed by atoms with E-state index >= 15 is 0 Å². The van der Waals surface area contributed by atoms with Crippen LogP contribution in [0.15, 0.2) is 23.1 Å². The van der Waals surface area contributed by atoms with Crippen LogP contribution in [0.4, 0.5) is 24.5 Å². The Labute approximate surface area is 102 Å². The summed E-state index contributed by atoms with van der Waals surface area (Å²) in [4.78, 5) is -0.320. The van der Waals surface area contributed by atoms with Crippen molar-refractivity contribution < 1.29 is 21.6 Å². The highest BCUT2D eigenvalue weighted by molar-refractivity contribution is 7.89. The molecule has 0 fully saturated rings. The fourth-order valence-electron chi connectivity index (χ4n) is 1.29. The van der Waals surface area contributed by atoms with Gasteiger partial charge >= 0.3 is 6.18 Å². The van der Waals surface area contributed by atoms with Gasteiger partial charge in [0.05, 0.1) is 17.8 Å². The third-order valence-electron chi connectivity index (χ3n) is 2.10. The van der Waals surface area contributed by atoms with Crippen molar-refractivity contribution in [3.63, 3.8) is 0 Å². The van der Waals surface area contributed by atoms with Crippen LogP contribution in [0.5, 0.6) is 0 Å². The number of nitrogens with one attached hydrogen (secondary N) is 1. The van der Waals surface area contributed by atoms with Crippen LogP contribution in [0.25, 0.3) is 0 Å². The first-order chi connectivity index (χ1) is 8.11. The number of nitrogen functional groups attached to an aromatic ring is 1. The molecule has 0 saturated heterocycles. The highest BCUT2D eigenvalue weighted by Crippen LogP contribution is 2.26. The largest absolute Gasteiger partial charge is 0.396 e. The third kappa shape index (κ3) is 4.08. The lowest BCUT2D eigenvalue weighted by Gasteiger charge is -2.12. The quantitative estimate of drug-likeness (QED) is 0.725. The minimum absolute atomic E-state index is 0.103. The maximum Gasteiger partial charge on any atom is 0.390 e. The normalized spacial score (nSPS) is 12.4. The molecule has 1 aromatic rings. The van der Waals surface area contributed by atoms with Crippen LogP contribution in [0.1, 0.15) is 6.42 Å². The van der Waals surface area contributed by atoms with Gasteiger partial charge in [0.2, 0.25) is 10.0 Å². The van der Waals surface area contributed by atoms with Gasteiger partial charge in [0.1, 0.15) is 4.90 Å². The number of hydrogen-bond acceptors (Lipinski definition) is 4. The van der Waals surface area contributed by atoms with Gasteiger partial charge in [-0.1, -0.05) is 6.07 Å². The number of para-hydroxylation sites is 1. The SMILES string of the molecule is Nc1c(NCCC(F)(F)F)cccc1S(N)(=O)=O. The second-order valence-corrected chi connectivity index (χ2v) is 5.08. The van der Waals surface area contributed by atoms with Gasteiger partial charge < -0.3 is 11.1 Å². The van der Waals surface area contributed by atoms with Crippen molar-refractivity contribution in [1.82, 2.24) is 0 Å². The molecule has 9 heteroatoms. The highest BCUT2D eigenvalue weighted by atomic mass is 32.2. The number of nitrogens with two attached hydrogens (primary N) is 2. The van der Waals surface area contributed by atoms with Crippen molar-refractivity contribution in [3.05, 3.63) is 18.2 Å². The Morgan fingerprint density at radius 2 is 1.89 bits per heavy atom. The Balaban J connectivity index is 2.86. The van der Waals surface area contributed by atoms with Crippen LogP contribution in [-0.4, -0.2) is 21.1 Å². The molecule has 1 rings (SSSR count). The zero-order valence-electron chi connectivity index (χ0n) is 9.16. The van der Waals surface area contributed by atoms with Gasteiger partial charge in [0.25, 0.3) is 0 Å². The van der Waals surface area contributed by atoms with Crippen LogP contribution in [0, 0.1) is 0 Å². The van der Waals surface area contributed by atoms with E-state index in [1.165, 1.54) is 18.2 Å². The topological polar surface area (TPSA) is 98.2 Å². The summed E-state index contributed by atoms with van der Waals surface area (Å²) in [6, 6.07) is 3.89. The Kier molecular flexibility index (Phi) is 4.07. The van der Waals surface area contributed by atoms with Crippen molar-refractivity contribution >= 4 is 21.4 Å². The van der Waals surface area contributed by atoms with E-state index < -0.39 is 29.2 Å². The number of primary sulfonamides is 1. The van der Waals surface area contributed by atoms with E-state index in [4.69, 9.17) is 10.9 Å². The van der Waals surface area contributed by atoms with Crippen LogP contribution in [0.3, 0.4) is 0 Å². The molecule has 0 aliphatic carbocycles. The molecule has 0 unspecified atom stereocenters. The molecule has 0 aliphatic rings. The van der Waals surface area contributed by atoms with Crippen LogP contribution < -0.4 is 16.2 Å². The van der Waals surface area contributed by atoms with Crippen LogP contribution >= 0.6 is 0 Å². The van der Waals surface area contributed by atoms with Gasteiger partial charge in [0.15, 0.2) is 0 Å². The number of anilines is 2. The van der Waals surface area contributed by atoms with E-state index in [1.807, 2.05) is 0 Å². The predicted octanol–water partition coefficient (Wildman–Crippen LogP) is 1.28. The molecule has 102 valence electrons. The van der Waals surface area contributed by atoms with E-state index in [9.17, 15) is 21.6 Å². The molecule has 0 saturated carbocycles. The summed E-state index contributed by atoms with van der Waals surface area (Å²) in [6.45, 7) is -0.401. The Hall–Kier alpha value is -1.48. The number of benzene rings is 1. The lowest BCUT2D eigenvalue weighted by molar-refractivity contribution is -0.131. The predicted molar refractivity (Wildman–Crippen MR) is 61.4 cm³/mol. The van der Waals surface area contributed by atoms with Crippen molar-refractivity contribution in [3.8, 4) is 0 Å².